The molecule has 1 aliphatic rings. The molecule has 1 aliphatic heterocycles. The van der Waals surface area contributed by atoms with Crippen LogP contribution in [0.3, 0.4) is 0 Å². The number of carbonyl (C=O) groups excluding carboxylic acids is 4. The number of anilines is 2. The third-order valence-corrected chi connectivity index (χ3v) is 4.29. The Morgan fingerprint density at radius 3 is 2.66 bits per heavy atom. The zero-order chi connectivity index (χ0) is 21.0. The van der Waals surface area contributed by atoms with E-state index in [-0.39, 0.29) is 18.2 Å². The molecule has 1 N–H and O–H groups in total. The van der Waals surface area contributed by atoms with Gasteiger partial charge in [0.15, 0.2) is 18.5 Å². The van der Waals surface area contributed by atoms with E-state index in [0.29, 0.717) is 22.7 Å². The third kappa shape index (κ3) is 4.78. The van der Waals surface area contributed by atoms with Crippen molar-refractivity contribution in [3.63, 3.8) is 0 Å². The molecule has 150 valence electrons. The van der Waals surface area contributed by atoms with E-state index >= 15 is 0 Å². The standard InChI is InChI=1S/C21H20N2O6/c1-13(24)15-6-5-7-16(10-15)28-12-20(26)29-14(2)21(27)23-11-19(25)22-17-8-3-4-9-18(17)23/h3-10,14H,11-12H2,1-2H3,(H,22,25)/t14-/m1/s1. The van der Waals surface area contributed by atoms with Crippen molar-refractivity contribution in [3.05, 3.63) is 54.1 Å². The quantitative estimate of drug-likeness (QED) is 0.593. The van der Waals surface area contributed by atoms with Gasteiger partial charge in [-0.05, 0) is 38.1 Å². The van der Waals surface area contributed by atoms with E-state index in [0.717, 1.165) is 0 Å². The Labute approximate surface area is 167 Å². The topological polar surface area (TPSA) is 102 Å². The lowest BCUT2D eigenvalue weighted by molar-refractivity contribution is -0.155. The second-order valence-corrected chi connectivity index (χ2v) is 6.49. The molecular weight excluding hydrogens is 376 g/mol. The number of nitrogens with zero attached hydrogens (tertiary/aromatic N) is 1. The second-order valence-electron chi connectivity index (χ2n) is 6.49. The van der Waals surface area contributed by atoms with Crippen LogP contribution in [0, 0.1) is 0 Å². The second kappa shape index (κ2) is 8.55. The van der Waals surface area contributed by atoms with Crippen molar-refractivity contribution in [2.24, 2.45) is 0 Å². The Bertz CT molecular complexity index is 971. The van der Waals surface area contributed by atoms with Gasteiger partial charge in [0.25, 0.3) is 5.91 Å². The van der Waals surface area contributed by atoms with E-state index in [2.05, 4.69) is 5.32 Å². The number of carbonyl (C=O) groups is 4. The minimum Gasteiger partial charge on any atom is -0.482 e. The molecule has 0 fully saturated rings. The molecule has 1 heterocycles. The molecule has 0 bridgehead atoms. The largest absolute Gasteiger partial charge is 0.482 e. The van der Waals surface area contributed by atoms with Crippen LogP contribution in [0.5, 0.6) is 5.75 Å². The van der Waals surface area contributed by atoms with Crippen molar-refractivity contribution in [1.29, 1.82) is 0 Å². The van der Waals surface area contributed by atoms with E-state index in [1.165, 1.54) is 24.8 Å². The first-order valence-electron chi connectivity index (χ1n) is 8.98. The minimum atomic E-state index is -1.10. The predicted octanol–water partition coefficient (Wildman–Crippen LogP) is 2.18. The van der Waals surface area contributed by atoms with Crippen LogP contribution in [0.1, 0.15) is 24.2 Å². The number of para-hydroxylation sites is 2. The summed E-state index contributed by atoms with van der Waals surface area (Å²) in [5, 5.41) is 2.69. The average molecular weight is 396 g/mol. The number of ketones is 1. The summed E-state index contributed by atoms with van der Waals surface area (Å²) in [6.45, 7) is 2.29. The van der Waals surface area contributed by atoms with Crippen molar-refractivity contribution >= 4 is 34.9 Å². The number of hydrogen-bond acceptors (Lipinski definition) is 6. The number of rotatable bonds is 6. The third-order valence-electron chi connectivity index (χ3n) is 4.29. The molecular formula is C21H20N2O6. The fraction of sp³-hybridized carbons (Fsp3) is 0.238. The number of hydrogen-bond donors (Lipinski definition) is 1. The Morgan fingerprint density at radius 1 is 1.14 bits per heavy atom. The van der Waals surface area contributed by atoms with E-state index in [9.17, 15) is 19.2 Å². The summed E-state index contributed by atoms with van der Waals surface area (Å²) in [6.07, 6.45) is -1.10. The number of amides is 2. The number of nitrogens with one attached hydrogen (secondary N) is 1. The van der Waals surface area contributed by atoms with Crippen LogP contribution in [0.25, 0.3) is 0 Å². The van der Waals surface area contributed by atoms with Gasteiger partial charge in [-0.1, -0.05) is 24.3 Å². The Morgan fingerprint density at radius 2 is 1.90 bits per heavy atom. The molecule has 8 nitrogen and oxygen atoms in total. The molecule has 2 amide bonds. The monoisotopic (exact) mass is 396 g/mol. The summed E-state index contributed by atoms with van der Waals surface area (Å²) < 4.78 is 10.5. The first kappa shape index (κ1) is 20.1. The zero-order valence-electron chi connectivity index (χ0n) is 16.0. The van der Waals surface area contributed by atoms with Crippen LogP contribution in [0.15, 0.2) is 48.5 Å². The number of fused-ring (bicyclic) bond motifs is 1. The van der Waals surface area contributed by atoms with Crippen LogP contribution < -0.4 is 15.0 Å². The van der Waals surface area contributed by atoms with Crippen LogP contribution in [-0.2, 0) is 19.1 Å². The fourth-order valence-electron chi connectivity index (χ4n) is 2.88. The molecule has 0 spiro atoms. The van der Waals surface area contributed by atoms with Gasteiger partial charge in [-0.2, -0.15) is 0 Å². The van der Waals surface area contributed by atoms with E-state index in [1.807, 2.05) is 0 Å². The number of Topliss-reactive ketones (excluding diaryl/α,β-unsaturated/α-hetero) is 1. The SMILES string of the molecule is CC(=O)c1cccc(OCC(=O)O[C@H](C)C(=O)N2CC(=O)Nc3ccccc32)c1. The van der Waals surface area contributed by atoms with Gasteiger partial charge in [0, 0.05) is 5.56 Å². The highest BCUT2D eigenvalue weighted by molar-refractivity contribution is 6.11. The van der Waals surface area contributed by atoms with Crippen LogP contribution in [0.4, 0.5) is 11.4 Å². The van der Waals surface area contributed by atoms with E-state index in [1.54, 1.807) is 42.5 Å². The molecule has 29 heavy (non-hydrogen) atoms. The smallest absolute Gasteiger partial charge is 0.344 e. The van der Waals surface area contributed by atoms with Gasteiger partial charge >= 0.3 is 5.97 Å². The molecule has 3 rings (SSSR count). The van der Waals surface area contributed by atoms with Gasteiger partial charge in [0.1, 0.15) is 12.3 Å². The number of benzene rings is 2. The van der Waals surface area contributed by atoms with Gasteiger partial charge in [-0.15, -0.1) is 0 Å². The molecule has 0 unspecified atom stereocenters. The summed E-state index contributed by atoms with van der Waals surface area (Å²) in [5.41, 5.74) is 1.52. The first-order chi connectivity index (χ1) is 13.8. The Kier molecular flexibility index (Phi) is 5.92. The highest BCUT2D eigenvalue weighted by Crippen LogP contribution is 2.29. The summed E-state index contributed by atoms with van der Waals surface area (Å²) in [4.78, 5) is 49.3. The lowest BCUT2D eigenvalue weighted by Gasteiger charge is -2.30. The summed E-state index contributed by atoms with van der Waals surface area (Å²) in [5.74, 6) is -1.37. The maximum Gasteiger partial charge on any atom is 0.344 e. The maximum absolute atomic E-state index is 12.7. The van der Waals surface area contributed by atoms with Crippen LogP contribution >= 0.6 is 0 Å². The molecule has 0 saturated carbocycles. The van der Waals surface area contributed by atoms with Crippen molar-refractivity contribution in [2.75, 3.05) is 23.4 Å². The average Bonchev–Trinajstić information content (AvgIpc) is 2.71. The summed E-state index contributed by atoms with van der Waals surface area (Å²) in [6, 6.07) is 13.3. The normalized spacial score (nSPS) is 13.7. The molecule has 1 atom stereocenters. The minimum absolute atomic E-state index is 0.122. The summed E-state index contributed by atoms with van der Waals surface area (Å²) in [7, 11) is 0. The fourth-order valence-corrected chi connectivity index (χ4v) is 2.88. The highest BCUT2D eigenvalue weighted by Gasteiger charge is 2.31. The van der Waals surface area contributed by atoms with Gasteiger partial charge in [-0.3, -0.25) is 19.3 Å². The molecule has 2 aromatic carbocycles. The van der Waals surface area contributed by atoms with Crippen molar-refractivity contribution < 1.29 is 28.7 Å². The van der Waals surface area contributed by atoms with Gasteiger partial charge < -0.3 is 14.8 Å². The lowest BCUT2D eigenvalue weighted by atomic mass is 10.1. The van der Waals surface area contributed by atoms with Crippen molar-refractivity contribution in [2.45, 2.75) is 20.0 Å². The van der Waals surface area contributed by atoms with Gasteiger partial charge in [0.05, 0.1) is 11.4 Å². The maximum atomic E-state index is 12.7. The Balaban J connectivity index is 1.60. The van der Waals surface area contributed by atoms with Crippen molar-refractivity contribution in [3.8, 4) is 5.75 Å². The molecule has 2 aromatic rings. The van der Waals surface area contributed by atoms with E-state index in [4.69, 9.17) is 9.47 Å². The molecule has 8 heteroatoms. The Hall–Kier alpha value is -3.68. The van der Waals surface area contributed by atoms with Gasteiger partial charge in [0.2, 0.25) is 5.91 Å². The number of esters is 1. The van der Waals surface area contributed by atoms with Crippen LogP contribution in [0.2, 0.25) is 0 Å². The highest BCUT2D eigenvalue weighted by atomic mass is 16.6. The number of ether oxygens (including phenoxy) is 2. The van der Waals surface area contributed by atoms with Crippen LogP contribution in [-0.4, -0.2) is 42.8 Å². The molecule has 0 aliphatic carbocycles. The van der Waals surface area contributed by atoms with Gasteiger partial charge in [-0.25, -0.2) is 4.79 Å². The first-order valence-corrected chi connectivity index (χ1v) is 8.98. The van der Waals surface area contributed by atoms with Crippen molar-refractivity contribution in [1.82, 2.24) is 0 Å². The molecule has 0 radical (unpaired) electrons. The summed E-state index contributed by atoms with van der Waals surface area (Å²) >= 11 is 0. The zero-order valence-corrected chi connectivity index (χ0v) is 16.0. The molecule has 0 aromatic heterocycles. The lowest BCUT2D eigenvalue weighted by Crippen LogP contribution is -2.47. The predicted molar refractivity (Wildman–Crippen MR) is 105 cm³/mol. The molecule has 0 saturated heterocycles. The van der Waals surface area contributed by atoms with E-state index < -0.39 is 24.6 Å².